The number of unbranched alkanes of at least 4 members (excludes halogenated alkanes) is 4. The second-order valence-corrected chi connectivity index (χ2v) is 3.64. The topological polar surface area (TPSA) is 35.1 Å². The second kappa shape index (κ2) is 10.3. The SMILES string of the molecule is CSCCCCCCCN[O-]. The molecule has 0 heterocycles. The maximum atomic E-state index is 9.81. The Kier molecular flexibility index (Phi) is 10.5. The summed E-state index contributed by atoms with van der Waals surface area (Å²) in [6.45, 7) is 0.628. The van der Waals surface area contributed by atoms with Gasteiger partial charge in [-0.3, -0.25) is 0 Å². The van der Waals surface area contributed by atoms with Gasteiger partial charge in [-0.15, -0.1) is 0 Å². The molecule has 0 aliphatic carbocycles. The van der Waals surface area contributed by atoms with Crippen LogP contribution >= 0.6 is 11.8 Å². The van der Waals surface area contributed by atoms with E-state index in [1.165, 1.54) is 31.4 Å². The lowest BCUT2D eigenvalue weighted by atomic mass is 10.2. The first kappa shape index (κ1) is 11.3. The predicted octanol–water partition coefficient (Wildman–Crippen LogP) is 2.39. The molecule has 11 heavy (non-hydrogen) atoms. The van der Waals surface area contributed by atoms with Crippen LogP contribution in [0.1, 0.15) is 32.1 Å². The maximum Gasteiger partial charge on any atom is -0.00703 e. The van der Waals surface area contributed by atoms with Gasteiger partial charge in [-0.2, -0.15) is 11.8 Å². The molecule has 0 radical (unpaired) electrons. The lowest BCUT2D eigenvalue weighted by Crippen LogP contribution is -2.04. The van der Waals surface area contributed by atoms with Gasteiger partial charge >= 0.3 is 0 Å². The molecular formula is C8H18NOS-. The average Bonchev–Trinajstić information content (AvgIpc) is 2.03. The van der Waals surface area contributed by atoms with E-state index in [1.54, 1.807) is 0 Å². The standard InChI is InChI=1S/C8H18NOS/c1-11-8-6-4-2-3-5-7-9-10/h9H,2-8H2,1H3/q-1. The highest BCUT2D eigenvalue weighted by molar-refractivity contribution is 7.98. The summed E-state index contributed by atoms with van der Waals surface area (Å²) >= 11 is 1.91. The Balaban J connectivity index is 2.69. The monoisotopic (exact) mass is 176 g/mol. The highest BCUT2D eigenvalue weighted by Gasteiger charge is 1.88. The predicted molar refractivity (Wildman–Crippen MR) is 52.8 cm³/mol. The van der Waals surface area contributed by atoms with Gasteiger partial charge in [0.25, 0.3) is 0 Å². The lowest BCUT2D eigenvalue weighted by Gasteiger charge is -2.05. The zero-order chi connectivity index (χ0) is 8.36. The van der Waals surface area contributed by atoms with E-state index >= 15 is 0 Å². The third-order valence-electron chi connectivity index (χ3n) is 1.63. The molecule has 1 N–H and O–H groups in total. The van der Waals surface area contributed by atoms with Crippen LogP contribution in [0.25, 0.3) is 0 Å². The van der Waals surface area contributed by atoms with Crippen molar-refractivity contribution in [3.63, 3.8) is 0 Å². The fourth-order valence-electron chi connectivity index (χ4n) is 0.974. The summed E-state index contributed by atoms with van der Waals surface area (Å²) in [7, 11) is 0. The third-order valence-corrected chi connectivity index (χ3v) is 2.32. The van der Waals surface area contributed by atoms with Crippen LogP contribution in [0.2, 0.25) is 0 Å². The summed E-state index contributed by atoms with van der Waals surface area (Å²) in [6, 6.07) is 0. The van der Waals surface area contributed by atoms with Gasteiger partial charge in [0.05, 0.1) is 0 Å². The first-order valence-corrected chi connectivity index (χ1v) is 5.65. The van der Waals surface area contributed by atoms with Crippen LogP contribution in [-0.4, -0.2) is 18.6 Å². The van der Waals surface area contributed by atoms with Crippen LogP contribution in [-0.2, 0) is 0 Å². The van der Waals surface area contributed by atoms with Crippen molar-refractivity contribution in [2.45, 2.75) is 32.1 Å². The molecule has 0 atom stereocenters. The van der Waals surface area contributed by atoms with Crippen LogP contribution < -0.4 is 5.48 Å². The molecule has 0 rings (SSSR count). The largest absolute Gasteiger partial charge is 0.788 e. The minimum atomic E-state index is 0.628. The van der Waals surface area contributed by atoms with Crippen molar-refractivity contribution in [3.8, 4) is 0 Å². The van der Waals surface area contributed by atoms with Gasteiger partial charge in [0.1, 0.15) is 0 Å². The van der Waals surface area contributed by atoms with Crippen molar-refractivity contribution in [2.75, 3.05) is 18.6 Å². The summed E-state index contributed by atoms with van der Waals surface area (Å²) in [5.74, 6) is 1.28. The van der Waals surface area contributed by atoms with Crippen molar-refractivity contribution in [2.24, 2.45) is 0 Å². The fourth-order valence-corrected chi connectivity index (χ4v) is 1.47. The zero-order valence-corrected chi connectivity index (χ0v) is 8.08. The van der Waals surface area contributed by atoms with E-state index in [0.29, 0.717) is 6.54 Å². The summed E-state index contributed by atoms with van der Waals surface area (Å²) < 4.78 is 0. The van der Waals surface area contributed by atoms with Gasteiger partial charge in [-0.05, 0) is 31.4 Å². The summed E-state index contributed by atoms with van der Waals surface area (Å²) in [4.78, 5) is 0. The number of hydroxylamine groups is 1. The van der Waals surface area contributed by atoms with Gasteiger partial charge in [-0.25, -0.2) is 0 Å². The molecule has 2 nitrogen and oxygen atoms in total. The molecule has 0 spiro atoms. The van der Waals surface area contributed by atoms with Crippen molar-refractivity contribution in [3.05, 3.63) is 5.21 Å². The Morgan fingerprint density at radius 1 is 1.09 bits per heavy atom. The van der Waals surface area contributed by atoms with Gasteiger partial charge in [0, 0.05) is 0 Å². The Morgan fingerprint density at radius 3 is 2.36 bits per heavy atom. The maximum absolute atomic E-state index is 9.81. The molecular weight excluding hydrogens is 158 g/mol. The summed E-state index contributed by atoms with van der Waals surface area (Å²) in [6.07, 6.45) is 8.29. The van der Waals surface area contributed by atoms with Crippen LogP contribution in [0.15, 0.2) is 0 Å². The van der Waals surface area contributed by atoms with Crippen LogP contribution in [0.3, 0.4) is 0 Å². The first-order valence-electron chi connectivity index (χ1n) is 4.25. The average molecular weight is 176 g/mol. The number of rotatable bonds is 8. The molecule has 0 saturated heterocycles. The van der Waals surface area contributed by atoms with Crippen LogP contribution in [0, 0.1) is 5.21 Å². The second-order valence-electron chi connectivity index (χ2n) is 2.65. The van der Waals surface area contributed by atoms with E-state index in [-0.39, 0.29) is 0 Å². The number of nitrogens with one attached hydrogen (secondary N) is 1. The van der Waals surface area contributed by atoms with Gasteiger partial charge in [0.2, 0.25) is 0 Å². The zero-order valence-electron chi connectivity index (χ0n) is 7.27. The van der Waals surface area contributed by atoms with E-state index in [1.807, 2.05) is 17.2 Å². The molecule has 0 aliphatic heterocycles. The number of hydrogen-bond acceptors (Lipinski definition) is 3. The van der Waals surface area contributed by atoms with Crippen molar-refractivity contribution in [1.29, 1.82) is 0 Å². The van der Waals surface area contributed by atoms with E-state index < -0.39 is 0 Å². The normalized spacial score (nSPS) is 10.4. The van der Waals surface area contributed by atoms with Crippen LogP contribution in [0.4, 0.5) is 0 Å². The van der Waals surface area contributed by atoms with E-state index in [0.717, 1.165) is 6.42 Å². The smallest absolute Gasteiger partial charge is 0.00703 e. The van der Waals surface area contributed by atoms with E-state index in [4.69, 9.17) is 0 Å². The van der Waals surface area contributed by atoms with E-state index in [9.17, 15) is 5.21 Å². The van der Waals surface area contributed by atoms with Crippen LogP contribution in [0.5, 0.6) is 0 Å². The Labute approximate surface area is 73.7 Å². The number of thioether (sulfide) groups is 1. The summed E-state index contributed by atoms with van der Waals surface area (Å²) in [5, 5.41) is 9.81. The van der Waals surface area contributed by atoms with Gasteiger partial charge < -0.3 is 10.7 Å². The minimum Gasteiger partial charge on any atom is -0.788 e. The molecule has 0 saturated carbocycles. The molecule has 0 aromatic carbocycles. The molecule has 0 unspecified atom stereocenters. The Morgan fingerprint density at radius 2 is 1.73 bits per heavy atom. The minimum absolute atomic E-state index is 0.628. The Bertz CT molecular complexity index is 63.1. The third kappa shape index (κ3) is 10.3. The summed E-state index contributed by atoms with van der Waals surface area (Å²) in [5.41, 5.74) is 1.92. The highest BCUT2D eigenvalue weighted by atomic mass is 32.2. The van der Waals surface area contributed by atoms with Gasteiger partial charge in [-0.1, -0.05) is 19.3 Å². The molecule has 3 heteroatoms. The first-order chi connectivity index (χ1) is 5.41. The Hall–Kier alpha value is 0.270. The number of hydrogen-bond donors (Lipinski definition) is 1. The highest BCUT2D eigenvalue weighted by Crippen LogP contribution is 2.05. The van der Waals surface area contributed by atoms with Crippen molar-refractivity contribution < 1.29 is 0 Å². The van der Waals surface area contributed by atoms with Crippen molar-refractivity contribution >= 4 is 11.8 Å². The van der Waals surface area contributed by atoms with Gasteiger partial charge in [0.15, 0.2) is 0 Å². The van der Waals surface area contributed by atoms with E-state index in [2.05, 4.69) is 6.26 Å². The molecule has 0 bridgehead atoms. The van der Waals surface area contributed by atoms with Crippen molar-refractivity contribution in [1.82, 2.24) is 5.48 Å². The quantitative estimate of drug-likeness (QED) is 0.455. The molecule has 0 aliphatic rings. The molecule has 0 amide bonds. The molecule has 0 aromatic heterocycles. The fraction of sp³-hybridized carbons (Fsp3) is 1.00. The molecule has 0 aromatic rings. The lowest BCUT2D eigenvalue weighted by molar-refractivity contribution is 0.621. The molecule has 0 fully saturated rings. The molecule has 68 valence electrons.